The Balaban J connectivity index is 1.73. The highest BCUT2D eigenvalue weighted by molar-refractivity contribution is 5.92. The molecule has 0 aliphatic carbocycles. The second kappa shape index (κ2) is 5.89. The Morgan fingerprint density at radius 1 is 1.18 bits per heavy atom. The Kier molecular flexibility index (Phi) is 3.78. The number of nitrogens with zero attached hydrogens (tertiary/aromatic N) is 4. The van der Waals surface area contributed by atoms with Gasteiger partial charge in [0.25, 0.3) is 5.91 Å². The molecule has 0 spiro atoms. The second-order valence-corrected chi connectivity index (χ2v) is 5.29. The monoisotopic (exact) mass is 294 g/mol. The molecule has 3 aromatic rings. The standard InChI is InChI=1S/C17H18N4O/c1-19-10-6-9-16(19)17(22)20(2)12-14-11-18-21(13-14)15-7-4-3-5-8-15/h3-11,13H,12H2,1-2H3. The molecule has 0 saturated carbocycles. The molecule has 0 fully saturated rings. The average Bonchev–Trinajstić information content (AvgIpc) is 3.16. The number of hydrogen-bond donors (Lipinski definition) is 0. The molecule has 2 aromatic heterocycles. The van der Waals surface area contributed by atoms with Gasteiger partial charge in [-0.1, -0.05) is 18.2 Å². The molecule has 0 saturated heterocycles. The summed E-state index contributed by atoms with van der Waals surface area (Å²) in [5, 5.41) is 4.35. The lowest BCUT2D eigenvalue weighted by molar-refractivity contribution is 0.0775. The van der Waals surface area contributed by atoms with Gasteiger partial charge in [0.05, 0.1) is 11.9 Å². The van der Waals surface area contributed by atoms with Gasteiger partial charge >= 0.3 is 0 Å². The molecule has 1 amide bonds. The van der Waals surface area contributed by atoms with Gasteiger partial charge in [-0.15, -0.1) is 0 Å². The Morgan fingerprint density at radius 3 is 2.64 bits per heavy atom. The summed E-state index contributed by atoms with van der Waals surface area (Å²) in [6, 6.07) is 13.6. The lowest BCUT2D eigenvalue weighted by Crippen LogP contribution is -2.27. The van der Waals surface area contributed by atoms with E-state index in [9.17, 15) is 4.79 Å². The van der Waals surface area contributed by atoms with E-state index >= 15 is 0 Å². The van der Waals surface area contributed by atoms with Gasteiger partial charge in [-0.25, -0.2) is 4.68 Å². The van der Waals surface area contributed by atoms with E-state index in [2.05, 4.69) is 5.10 Å². The smallest absolute Gasteiger partial charge is 0.270 e. The highest BCUT2D eigenvalue weighted by Crippen LogP contribution is 2.11. The number of para-hydroxylation sites is 1. The Morgan fingerprint density at radius 2 is 1.95 bits per heavy atom. The zero-order valence-electron chi connectivity index (χ0n) is 12.7. The van der Waals surface area contributed by atoms with Crippen LogP contribution in [-0.2, 0) is 13.6 Å². The van der Waals surface area contributed by atoms with Crippen LogP contribution >= 0.6 is 0 Å². The topological polar surface area (TPSA) is 43.1 Å². The second-order valence-electron chi connectivity index (χ2n) is 5.29. The number of rotatable bonds is 4. The molecule has 5 nitrogen and oxygen atoms in total. The predicted molar refractivity (Wildman–Crippen MR) is 84.8 cm³/mol. The van der Waals surface area contributed by atoms with Crippen LogP contribution in [0.4, 0.5) is 0 Å². The normalized spacial score (nSPS) is 10.6. The first-order valence-corrected chi connectivity index (χ1v) is 7.11. The van der Waals surface area contributed by atoms with Gasteiger partial charge in [0.1, 0.15) is 5.69 Å². The van der Waals surface area contributed by atoms with E-state index in [4.69, 9.17) is 0 Å². The zero-order valence-corrected chi connectivity index (χ0v) is 12.7. The van der Waals surface area contributed by atoms with Crippen molar-refractivity contribution < 1.29 is 4.79 Å². The van der Waals surface area contributed by atoms with Crippen molar-refractivity contribution in [1.82, 2.24) is 19.2 Å². The van der Waals surface area contributed by atoms with Crippen molar-refractivity contribution >= 4 is 5.91 Å². The van der Waals surface area contributed by atoms with Crippen molar-refractivity contribution in [2.75, 3.05) is 7.05 Å². The zero-order chi connectivity index (χ0) is 15.5. The molecule has 22 heavy (non-hydrogen) atoms. The van der Waals surface area contributed by atoms with Crippen LogP contribution in [0.5, 0.6) is 0 Å². The van der Waals surface area contributed by atoms with E-state index in [-0.39, 0.29) is 5.91 Å². The first-order valence-electron chi connectivity index (χ1n) is 7.11. The van der Waals surface area contributed by atoms with E-state index in [0.717, 1.165) is 11.3 Å². The summed E-state index contributed by atoms with van der Waals surface area (Å²) >= 11 is 0. The quantitative estimate of drug-likeness (QED) is 0.742. The van der Waals surface area contributed by atoms with Gasteiger partial charge in [0, 0.05) is 38.6 Å². The molecule has 3 rings (SSSR count). The van der Waals surface area contributed by atoms with Crippen molar-refractivity contribution in [3.05, 3.63) is 72.3 Å². The van der Waals surface area contributed by atoms with Gasteiger partial charge in [-0.3, -0.25) is 4.79 Å². The molecule has 0 unspecified atom stereocenters. The van der Waals surface area contributed by atoms with Crippen molar-refractivity contribution in [2.24, 2.45) is 7.05 Å². The molecule has 0 N–H and O–H groups in total. The van der Waals surface area contributed by atoms with Crippen LogP contribution in [-0.4, -0.2) is 32.2 Å². The fourth-order valence-electron chi connectivity index (χ4n) is 2.39. The maximum Gasteiger partial charge on any atom is 0.270 e. The number of aromatic nitrogens is 3. The van der Waals surface area contributed by atoms with Crippen LogP contribution in [0.2, 0.25) is 0 Å². The summed E-state index contributed by atoms with van der Waals surface area (Å²) in [5.74, 6) is -0.0000360. The number of amides is 1. The minimum atomic E-state index is -0.0000360. The van der Waals surface area contributed by atoms with Crippen LogP contribution in [0.3, 0.4) is 0 Å². The Bertz CT molecular complexity index is 773. The molecule has 112 valence electrons. The van der Waals surface area contributed by atoms with Gasteiger partial charge in [0.15, 0.2) is 0 Å². The Hall–Kier alpha value is -2.82. The number of aryl methyl sites for hydroxylation is 1. The van der Waals surface area contributed by atoms with Crippen LogP contribution in [0.1, 0.15) is 16.1 Å². The van der Waals surface area contributed by atoms with Gasteiger partial charge in [-0.05, 0) is 24.3 Å². The van der Waals surface area contributed by atoms with Crippen LogP contribution < -0.4 is 0 Å². The van der Waals surface area contributed by atoms with E-state index in [1.807, 2.05) is 71.2 Å². The number of benzene rings is 1. The lowest BCUT2D eigenvalue weighted by atomic mass is 10.3. The van der Waals surface area contributed by atoms with Crippen molar-refractivity contribution in [1.29, 1.82) is 0 Å². The summed E-state index contributed by atoms with van der Waals surface area (Å²) < 4.78 is 3.64. The fraction of sp³-hybridized carbons (Fsp3) is 0.176. The molecule has 0 radical (unpaired) electrons. The number of hydrogen-bond acceptors (Lipinski definition) is 2. The third-order valence-electron chi connectivity index (χ3n) is 3.59. The SMILES string of the molecule is CN(Cc1cnn(-c2ccccc2)c1)C(=O)c1cccn1C. The van der Waals surface area contributed by atoms with Gasteiger partial charge in [-0.2, -0.15) is 5.10 Å². The Labute approximate surface area is 129 Å². The highest BCUT2D eigenvalue weighted by Gasteiger charge is 2.15. The maximum atomic E-state index is 12.4. The minimum Gasteiger partial charge on any atom is -0.347 e. The maximum absolute atomic E-state index is 12.4. The van der Waals surface area contributed by atoms with Crippen molar-refractivity contribution in [2.45, 2.75) is 6.54 Å². The van der Waals surface area contributed by atoms with E-state index in [0.29, 0.717) is 12.2 Å². The summed E-state index contributed by atoms with van der Waals surface area (Å²) in [6.07, 6.45) is 5.61. The van der Waals surface area contributed by atoms with Gasteiger partial charge in [0.2, 0.25) is 0 Å². The number of carbonyl (C=O) groups is 1. The lowest BCUT2D eigenvalue weighted by Gasteiger charge is -2.16. The van der Waals surface area contributed by atoms with E-state index in [1.165, 1.54) is 0 Å². The summed E-state index contributed by atoms with van der Waals surface area (Å²) in [6.45, 7) is 0.525. The first-order chi connectivity index (χ1) is 10.6. The largest absolute Gasteiger partial charge is 0.347 e. The van der Waals surface area contributed by atoms with Crippen molar-refractivity contribution in [3.63, 3.8) is 0 Å². The third-order valence-corrected chi connectivity index (χ3v) is 3.59. The molecule has 0 aliphatic rings. The molecule has 0 atom stereocenters. The number of carbonyl (C=O) groups excluding carboxylic acids is 1. The molecule has 0 bridgehead atoms. The van der Waals surface area contributed by atoms with Crippen molar-refractivity contribution in [3.8, 4) is 5.69 Å². The molecule has 1 aromatic carbocycles. The molecular weight excluding hydrogens is 276 g/mol. The molecule has 5 heteroatoms. The predicted octanol–water partition coefficient (Wildman–Crippen LogP) is 2.48. The molecule has 2 heterocycles. The molecular formula is C17H18N4O. The fourth-order valence-corrected chi connectivity index (χ4v) is 2.39. The van der Waals surface area contributed by atoms with Crippen LogP contribution in [0, 0.1) is 0 Å². The summed E-state index contributed by atoms with van der Waals surface area (Å²) in [4.78, 5) is 14.1. The average molecular weight is 294 g/mol. The molecule has 0 aliphatic heterocycles. The highest BCUT2D eigenvalue weighted by atomic mass is 16.2. The van der Waals surface area contributed by atoms with E-state index < -0.39 is 0 Å². The minimum absolute atomic E-state index is 0.0000360. The first kappa shape index (κ1) is 14.1. The van der Waals surface area contributed by atoms with Gasteiger partial charge < -0.3 is 9.47 Å². The van der Waals surface area contributed by atoms with Crippen LogP contribution in [0.25, 0.3) is 5.69 Å². The summed E-state index contributed by atoms with van der Waals surface area (Å²) in [5.41, 5.74) is 2.68. The van der Waals surface area contributed by atoms with Crippen LogP contribution in [0.15, 0.2) is 61.1 Å². The summed E-state index contributed by atoms with van der Waals surface area (Å²) in [7, 11) is 3.67. The third kappa shape index (κ3) is 2.79. The van der Waals surface area contributed by atoms with E-state index in [1.54, 1.807) is 18.1 Å².